The second-order valence-corrected chi connectivity index (χ2v) is 4.69. The summed E-state index contributed by atoms with van der Waals surface area (Å²) < 4.78 is 17.8. The van der Waals surface area contributed by atoms with Crippen molar-refractivity contribution in [2.24, 2.45) is 5.92 Å². The third-order valence-electron chi connectivity index (χ3n) is 3.08. The van der Waals surface area contributed by atoms with Crippen LogP contribution in [0.15, 0.2) is 24.3 Å². The van der Waals surface area contributed by atoms with E-state index in [1.54, 1.807) is 12.1 Å². The van der Waals surface area contributed by atoms with Gasteiger partial charge in [-0.25, -0.2) is 9.18 Å². The Labute approximate surface area is 110 Å². The van der Waals surface area contributed by atoms with E-state index in [4.69, 9.17) is 0 Å². The number of esters is 1. The highest BCUT2D eigenvalue weighted by atomic mass is 19.1. The van der Waals surface area contributed by atoms with E-state index in [1.807, 2.05) is 0 Å². The van der Waals surface area contributed by atoms with Gasteiger partial charge >= 0.3 is 5.97 Å². The molecule has 1 fully saturated rings. The van der Waals surface area contributed by atoms with Crippen LogP contribution in [0.5, 0.6) is 0 Å². The standard InChI is InChI=1S/C14H16FNO3/c1-19-14(18)12(16-13(17)10-5-6-10)8-9-3-2-4-11(15)7-9/h2-4,7,10,12H,5-6,8H2,1H3,(H,16,17)/t12-/m0/s1. The van der Waals surface area contributed by atoms with Crippen molar-refractivity contribution < 1.29 is 18.7 Å². The summed E-state index contributed by atoms with van der Waals surface area (Å²) in [6, 6.07) is 5.20. The molecule has 0 spiro atoms. The third-order valence-corrected chi connectivity index (χ3v) is 3.08. The van der Waals surface area contributed by atoms with Crippen LogP contribution in [0.3, 0.4) is 0 Å². The van der Waals surface area contributed by atoms with Gasteiger partial charge in [0.15, 0.2) is 0 Å². The number of nitrogens with one attached hydrogen (secondary N) is 1. The first-order chi connectivity index (χ1) is 9.10. The lowest BCUT2D eigenvalue weighted by Crippen LogP contribution is -2.43. The zero-order valence-electron chi connectivity index (χ0n) is 10.7. The van der Waals surface area contributed by atoms with E-state index >= 15 is 0 Å². The molecule has 0 saturated heterocycles. The summed E-state index contributed by atoms with van der Waals surface area (Å²) >= 11 is 0. The molecule has 102 valence electrons. The van der Waals surface area contributed by atoms with Crippen molar-refractivity contribution in [2.45, 2.75) is 25.3 Å². The minimum atomic E-state index is -0.764. The highest BCUT2D eigenvalue weighted by Gasteiger charge is 2.32. The number of halogens is 1. The van der Waals surface area contributed by atoms with Gasteiger partial charge in [-0.05, 0) is 30.5 Å². The van der Waals surface area contributed by atoms with Gasteiger partial charge in [0.25, 0.3) is 0 Å². The molecule has 1 aliphatic carbocycles. The fourth-order valence-corrected chi connectivity index (χ4v) is 1.87. The number of rotatable bonds is 5. The average Bonchev–Trinajstić information content (AvgIpc) is 3.21. The monoisotopic (exact) mass is 265 g/mol. The molecule has 0 aromatic heterocycles. The Kier molecular flexibility index (Phi) is 4.14. The van der Waals surface area contributed by atoms with Crippen molar-refractivity contribution in [1.29, 1.82) is 0 Å². The maximum atomic E-state index is 13.1. The molecule has 0 radical (unpaired) electrons. The van der Waals surface area contributed by atoms with Gasteiger partial charge in [0.2, 0.25) is 5.91 Å². The van der Waals surface area contributed by atoms with Crippen molar-refractivity contribution in [3.05, 3.63) is 35.6 Å². The first-order valence-corrected chi connectivity index (χ1v) is 6.23. The zero-order valence-corrected chi connectivity index (χ0v) is 10.7. The molecule has 0 heterocycles. The van der Waals surface area contributed by atoms with E-state index in [0.29, 0.717) is 5.56 Å². The Morgan fingerprint density at radius 2 is 2.21 bits per heavy atom. The van der Waals surface area contributed by atoms with Crippen LogP contribution in [0.2, 0.25) is 0 Å². The van der Waals surface area contributed by atoms with Crippen LogP contribution in [0, 0.1) is 11.7 Å². The van der Waals surface area contributed by atoms with Crippen molar-refractivity contribution in [2.75, 3.05) is 7.11 Å². The Morgan fingerprint density at radius 3 is 2.79 bits per heavy atom. The molecule has 1 aromatic rings. The van der Waals surface area contributed by atoms with Crippen LogP contribution in [0.25, 0.3) is 0 Å². The number of ether oxygens (including phenoxy) is 1. The van der Waals surface area contributed by atoms with E-state index < -0.39 is 12.0 Å². The summed E-state index contributed by atoms with van der Waals surface area (Å²) in [5.74, 6) is -1.00. The van der Waals surface area contributed by atoms with Crippen LogP contribution < -0.4 is 5.32 Å². The predicted molar refractivity (Wildman–Crippen MR) is 66.8 cm³/mol. The molecule has 1 N–H and O–H groups in total. The lowest BCUT2D eigenvalue weighted by molar-refractivity contribution is -0.145. The minimum Gasteiger partial charge on any atom is -0.467 e. The van der Waals surface area contributed by atoms with Crippen molar-refractivity contribution in [3.63, 3.8) is 0 Å². The molecular formula is C14H16FNO3. The Hall–Kier alpha value is -1.91. The second kappa shape index (κ2) is 5.82. The normalized spacial score (nSPS) is 15.7. The molecule has 1 aliphatic rings. The quantitative estimate of drug-likeness (QED) is 0.819. The molecule has 1 aromatic carbocycles. The average molecular weight is 265 g/mol. The first kappa shape index (κ1) is 13.5. The fraction of sp³-hybridized carbons (Fsp3) is 0.429. The molecule has 1 saturated carbocycles. The third kappa shape index (κ3) is 3.77. The maximum Gasteiger partial charge on any atom is 0.328 e. The molecule has 1 amide bonds. The van der Waals surface area contributed by atoms with E-state index in [0.717, 1.165) is 12.8 Å². The summed E-state index contributed by atoms with van der Waals surface area (Å²) in [6.45, 7) is 0. The van der Waals surface area contributed by atoms with Gasteiger partial charge in [0.1, 0.15) is 11.9 Å². The van der Waals surface area contributed by atoms with Crippen molar-refractivity contribution in [3.8, 4) is 0 Å². The SMILES string of the molecule is COC(=O)[C@H](Cc1cccc(F)c1)NC(=O)C1CC1. The van der Waals surface area contributed by atoms with E-state index in [-0.39, 0.29) is 24.1 Å². The lowest BCUT2D eigenvalue weighted by atomic mass is 10.1. The number of amides is 1. The number of benzene rings is 1. The van der Waals surface area contributed by atoms with E-state index in [1.165, 1.54) is 19.2 Å². The van der Waals surface area contributed by atoms with Crippen LogP contribution >= 0.6 is 0 Å². The van der Waals surface area contributed by atoms with Crippen LogP contribution in [-0.2, 0) is 20.7 Å². The van der Waals surface area contributed by atoms with Gasteiger partial charge in [0, 0.05) is 12.3 Å². The van der Waals surface area contributed by atoms with Gasteiger partial charge < -0.3 is 10.1 Å². The van der Waals surface area contributed by atoms with E-state index in [9.17, 15) is 14.0 Å². The molecule has 0 unspecified atom stereocenters. The number of hydrogen-bond donors (Lipinski definition) is 1. The Balaban J connectivity index is 2.04. The molecule has 4 nitrogen and oxygen atoms in total. The van der Waals surface area contributed by atoms with Crippen LogP contribution in [-0.4, -0.2) is 25.0 Å². The molecule has 0 aliphatic heterocycles. The minimum absolute atomic E-state index is 0.0136. The number of carbonyl (C=O) groups is 2. The maximum absolute atomic E-state index is 13.1. The van der Waals surface area contributed by atoms with Gasteiger partial charge in [-0.2, -0.15) is 0 Å². The number of carbonyl (C=O) groups excluding carboxylic acids is 2. The number of hydrogen-bond acceptors (Lipinski definition) is 3. The van der Waals surface area contributed by atoms with Crippen molar-refractivity contribution in [1.82, 2.24) is 5.32 Å². The lowest BCUT2D eigenvalue weighted by Gasteiger charge is -2.16. The van der Waals surface area contributed by atoms with Crippen LogP contribution in [0.1, 0.15) is 18.4 Å². The summed E-state index contributed by atoms with van der Waals surface area (Å²) in [5.41, 5.74) is 0.645. The molecule has 5 heteroatoms. The highest BCUT2D eigenvalue weighted by molar-refractivity contribution is 5.87. The van der Waals surface area contributed by atoms with Gasteiger partial charge in [0.05, 0.1) is 7.11 Å². The molecule has 2 rings (SSSR count). The zero-order chi connectivity index (χ0) is 13.8. The Bertz CT molecular complexity index is 485. The van der Waals surface area contributed by atoms with Crippen LogP contribution in [0.4, 0.5) is 4.39 Å². The van der Waals surface area contributed by atoms with Gasteiger partial charge in [-0.3, -0.25) is 4.79 Å². The fourth-order valence-electron chi connectivity index (χ4n) is 1.87. The molecule has 0 bridgehead atoms. The second-order valence-electron chi connectivity index (χ2n) is 4.69. The van der Waals surface area contributed by atoms with Gasteiger partial charge in [-0.1, -0.05) is 12.1 Å². The summed E-state index contributed by atoms with van der Waals surface area (Å²) in [6.07, 6.45) is 1.95. The predicted octanol–water partition coefficient (Wildman–Crippen LogP) is 1.44. The largest absolute Gasteiger partial charge is 0.467 e. The summed E-state index contributed by atoms with van der Waals surface area (Å²) in [7, 11) is 1.27. The first-order valence-electron chi connectivity index (χ1n) is 6.23. The molecular weight excluding hydrogens is 249 g/mol. The van der Waals surface area contributed by atoms with Gasteiger partial charge in [-0.15, -0.1) is 0 Å². The van der Waals surface area contributed by atoms with E-state index in [2.05, 4.69) is 10.1 Å². The summed E-state index contributed by atoms with van der Waals surface area (Å²) in [5, 5.41) is 2.66. The highest BCUT2D eigenvalue weighted by Crippen LogP contribution is 2.29. The smallest absolute Gasteiger partial charge is 0.328 e. The molecule has 1 atom stereocenters. The van der Waals surface area contributed by atoms with Crippen molar-refractivity contribution >= 4 is 11.9 Å². The summed E-state index contributed by atoms with van der Waals surface area (Å²) in [4.78, 5) is 23.3. The molecule has 19 heavy (non-hydrogen) atoms. The topological polar surface area (TPSA) is 55.4 Å². The Morgan fingerprint density at radius 1 is 1.47 bits per heavy atom. The number of methoxy groups -OCH3 is 1.